The van der Waals surface area contributed by atoms with Gasteiger partial charge < -0.3 is 10.6 Å². The van der Waals surface area contributed by atoms with Gasteiger partial charge in [-0.25, -0.2) is 0 Å². The largest absolute Gasteiger partial charge is 0.351 e. The van der Waals surface area contributed by atoms with Crippen molar-refractivity contribution in [2.45, 2.75) is 39.7 Å². The second-order valence-electron chi connectivity index (χ2n) is 6.99. The van der Waals surface area contributed by atoms with E-state index < -0.39 is 0 Å². The van der Waals surface area contributed by atoms with E-state index in [0.29, 0.717) is 22.8 Å². The smallest absolute Gasteiger partial charge is 0.255 e. The quantitative estimate of drug-likeness (QED) is 0.689. The van der Waals surface area contributed by atoms with E-state index in [1.54, 1.807) is 6.20 Å². The fourth-order valence-electron chi connectivity index (χ4n) is 2.40. The summed E-state index contributed by atoms with van der Waals surface area (Å²) in [6.45, 7) is 10.5. The highest BCUT2D eigenvalue weighted by molar-refractivity contribution is 6.33. The molecule has 0 atom stereocenters. The van der Waals surface area contributed by atoms with Crippen molar-refractivity contribution >= 4 is 29.9 Å². The molecule has 0 saturated carbocycles. The van der Waals surface area contributed by atoms with Crippen LogP contribution in [0.15, 0.2) is 30.5 Å². The molecule has 26 heavy (non-hydrogen) atoms. The Bertz CT molecular complexity index is 723. The number of nitrogens with zero attached hydrogens (tertiary/aromatic N) is 2. The number of halogens is 2. The number of benzene rings is 1. The predicted molar refractivity (Wildman–Crippen MR) is 110 cm³/mol. The SMILES string of the molecule is CCCNCCNC(=O)c1cn(C(C)(C)C)nc1-c1ccccc1Cl.Cl. The van der Waals surface area contributed by atoms with E-state index >= 15 is 0 Å². The molecular weight excluding hydrogens is 371 g/mol. The predicted octanol–water partition coefficient (Wildman–Crippen LogP) is 4.11. The van der Waals surface area contributed by atoms with Gasteiger partial charge in [-0.2, -0.15) is 5.10 Å². The van der Waals surface area contributed by atoms with E-state index in [4.69, 9.17) is 11.6 Å². The molecule has 144 valence electrons. The van der Waals surface area contributed by atoms with Crippen LogP contribution in [0.3, 0.4) is 0 Å². The number of nitrogens with one attached hydrogen (secondary N) is 2. The Labute approximate surface area is 166 Å². The van der Waals surface area contributed by atoms with Crippen LogP contribution in [0, 0.1) is 0 Å². The highest BCUT2D eigenvalue weighted by Crippen LogP contribution is 2.30. The van der Waals surface area contributed by atoms with E-state index in [-0.39, 0.29) is 23.9 Å². The molecule has 1 amide bonds. The summed E-state index contributed by atoms with van der Waals surface area (Å²) in [5.74, 6) is -0.135. The topological polar surface area (TPSA) is 58.9 Å². The molecule has 0 fully saturated rings. The third-order valence-electron chi connectivity index (χ3n) is 3.79. The number of aromatic nitrogens is 2. The zero-order valence-electron chi connectivity index (χ0n) is 15.8. The summed E-state index contributed by atoms with van der Waals surface area (Å²) in [4.78, 5) is 12.7. The van der Waals surface area contributed by atoms with Crippen molar-refractivity contribution in [3.8, 4) is 11.3 Å². The molecule has 5 nitrogen and oxygen atoms in total. The standard InChI is InChI=1S/C19H27ClN4O.ClH/c1-5-10-21-11-12-22-18(25)15-13-24(19(2,3)4)23-17(15)14-8-6-7-9-16(14)20;/h6-9,13,21H,5,10-12H2,1-4H3,(H,22,25);1H. The zero-order valence-corrected chi connectivity index (χ0v) is 17.4. The summed E-state index contributed by atoms with van der Waals surface area (Å²) >= 11 is 6.33. The van der Waals surface area contributed by atoms with Crippen LogP contribution in [0.4, 0.5) is 0 Å². The van der Waals surface area contributed by atoms with Gasteiger partial charge in [0, 0.05) is 24.8 Å². The summed E-state index contributed by atoms with van der Waals surface area (Å²) in [5.41, 5.74) is 1.69. The number of carbonyl (C=O) groups excluding carboxylic acids is 1. The highest BCUT2D eigenvalue weighted by Gasteiger charge is 2.23. The van der Waals surface area contributed by atoms with Crippen LogP contribution in [0.2, 0.25) is 5.02 Å². The van der Waals surface area contributed by atoms with E-state index in [0.717, 1.165) is 25.1 Å². The molecule has 0 unspecified atom stereocenters. The number of amides is 1. The molecule has 2 rings (SSSR count). The average Bonchev–Trinajstić information content (AvgIpc) is 3.00. The fraction of sp³-hybridized carbons (Fsp3) is 0.474. The van der Waals surface area contributed by atoms with Crippen molar-refractivity contribution in [3.05, 3.63) is 41.0 Å². The van der Waals surface area contributed by atoms with E-state index in [1.165, 1.54) is 0 Å². The van der Waals surface area contributed by atoms with Crippen LogP contribution in [0.1, 0.15) is 44.5 Å². The first-order chi connectivity index (χ1) is 11.8. The molecule has 0 aliphatic rings. The maximum absolute atomic E-state index is 12.7. The van der Waals surface area contributed by atoms with Gasteiger partial charge in [0.1, 0.15) is 5.69 Å². The van der Waals surface area contributed by atoms with Gasteiger partial charge >= 0.3 is 0 Å². The number of hydrogen-bond donors (Lipinski definition) is 2. The molecule has 7 heteroatoms. The number of carbonyl (C=O) groups is 1. The Kier molecular flexibility index (Phi) is 8.60. The Hall–Kier alpha value is -1.56. The van der Waals surface area contributed by atoms with Crippen LogP contribution in [-0.4, -0.2) is 35.3 Å². The van der Waals surface area contributed by atoms with Gasteiger partial charge in [0.25, 0.3) is 5.91 Å². The molecule has 0 radical (unpaired) electrons. The molecule has 1 aromatic heterocycles. The molecule has 0 saturated heterocycles. The van der Waals surface area contributed by atoms with Crippen molar-refractivity contribution in [1.82, 2.24) is 20.4 Å². The van der Waals surface area contributed by atoms with Gasteiger partial charge in [-0.3, -0.25) is 9.48 Å². The monoisotopic (exact) mass is 398 g/mol. The molecular formula is C19H28Cl2N4O. The Morgan fingerprint density at radius 2 is 1.88 bits per heavy atom. The summed E-state index contributed by atoms with van der Waals surface area (Å²) < 4.78 is 1.82. The second kappa shape index (κ2) is 9.95. The summed E-state index contributed by atoms with van der Waals surface area (Å²) in [6, 6.07) is 7.46. The summed E-state index contributed by atoms with van der Waals surface area (Å²) in [5, 5.41) is 11.5. The fourth-order valence-corrected chi connectivity index (χ4v) is 2.62. The molecule has 2 N–H and O–H groups in total. The lowest BCUT2D eigenvalue weighted by atomic mass is 10.1. The van der Waals surface area contributed by atoms with Gasteiger partial charge in [-0.05, 0) is 39.8 Å². The Morgan fingerprint density at radius 1 is 1.19 bits per heavy atom. The first kappa shape index (κ1) is 22.5. The van der Waals surface area contributed by atoms with Crippen LogP contribution < -0.4 is 10.6 Å². The minimum atomic E-state index is -0.225. The van der Waals surface area contributed by atoms with Gasteiger partial charge in [-0.1, -0.05) is 36.7 Å². The van der Waals surface area contributed by atoms with Gasteiger partial charge in [0.15, 0.2) is 0 Å². The van der Waals surface area contributed by atoms with E-state index in [2.05, 4.69) is 22.7 Å². The van der Waals surface area contributed by atoms with Crippen LogP contribution >= 0.6 is 24.0 Å². The molecule has 0 aliphatic carbocycles. The zero-order chi connectivity index (χ0) is 18.4. The van der Waals surface area contributed by atoms with Crippen molar-refractivity contribution in [2.24, 2.45) is 0 Å². The van der Waals surface area contributed by atoms with Crippen molar-refractivity contribution < 1.29 is 4.79 Å². The Balaban J connectivity index is 0.00000338. The van der Waals surface area contributed by atoms with E-state index in [9.17, 15) is 4.79 Å². The number of hydrogen-bond acceptors (Lipinski definition) is 3. The van der Waals surface area contributed by atoms with E-state index in [1.807, 2.05) is 49.7 Å². The maximum atomic E-state index is 12.7. The minimum absolute atomic E-state index is 0. The van der Waals surface area contributed by atoms with Crippen molar-refractivity contribution in [1.29, 1.82) is 0 Å². The molecule has 0 spiro atoms. The summed E-state index contributed by atoms with van der Waals surface area (Å²) in [7, 11) is 0. The normalized spacial score (nSPS) is 11.1. The lowest BCUT2D eigenvalue weighted by Gasteiger charge is -2.18. The second-order valence-corrected chi connectivity index (χ2v) is 7.40. The van der Waals surface area contributed by atoms with Crippen LogP contribution in [0.25, 0.3) is 11.3 Å². The third-order valence-corrected chi connectivity index (χ3v) is 4.12. The van der Waals surface area contributed by atoms with Gasteiger partial charge in [-0.15, -0.1) is 12.4 Å². The molecule has 1 aromatic carbocycles. The van der Waals surface area contributed by atoms with Crippen molar-refractivity contribution in [3.63, 3.8) is 0 Å². The third kappa shape index (κ3) is 5.73. The van der Waals surface area contributed by atoms with Crippen LogP contribution in [0.5, 0.6) is 0 Å². The van der Waals surface area contributed by atoms with Crippen LogP contribution in [-0.2, 0) is 5.54 Å². The lowest BCUT2D eigenvalue weighted by molar-refractivity contribution is 0.0954. The molecule has 1 heterocycles. The van der Waals surface area contributed by atoms with Gasteiger partial charge in [0.05, 0.1) is 16.1 Å². The lowest BCUT2D eigenvalue weighted by Crippen LogP contribution is -2.32. The average molecular weight is 399 g/mol. The summed E-state index contributed by atoms with van der Waals surface area (Å²) in [6.07, 6.45) is 2.87. The minimum Gasteiger partial charge on any atom is -0.351 e. The maximum Gasteiger partial charge on any atom is 0.255 e. The first-order valence-corrected chi connectivity index (χ1v) is 9.06. The van der Waals surface area contributed by atoms with Gasteiger partial charge in [0.2, 0.25) is 0 Å². The molecule has 0 aliphatic heterocycles. The molecule has 0 bridgehead atoms. The first-order valence-electron chi connectivity index (χ1n) is 8.68. The molecule has 2 aromatic rings. The number of rotatable bonds is 7. The van der Waals surface area contributed by atoms with Crippen molar-refractivity contribution in [2.75, 3.05) is 19.6 Å². The highest BCUT2D eigenvalue weighted by atomic mass is 35.5. The Morgan fingerprint density at radius 3 is 2.50 bits per heavy atom.